The predicted molar refractivity (Wildman–Crippen MR) is 85.7 cm³/mol. The molecule has 1 amide bonds. The zero-order valence-electron chi connectivity index (χ0n) is 12.1. The maximum absolute atomic E-state index is 12.1. The Bertz CT molecular complexity index is 508. The van der Waals surface area contributed by atoms with Crippen molar-refractivity contribution in [3.05, 3.63) is 29.3 Å². The van der Waals surface area contributed by atoms with Gasteiger partial charge in [-0.2, -0.15) is 0 Å². The molecule has 21 heavy (non-hydrogen) atoms. The van der Waals surface area contributed by atoms with Gasteiger partial charge in [0.25, 0.3) is 0 Å². The third-order valence-corrected chi connectivity index (χ3v) is 4.85. The first-order valence-electron chi connectivity index (χ1n) is 7.76. The van der Waals surface area contributed by atoms with Crippen molar-refractivity contribution >= 4 is 23.2 Å². The summed E-state index contributed by atoms with van der Waals surface area (Å²) in [6, 6.07) is 8.34. The summed E-state index contributed by atoms with van der Waals surface area (Å²) < 4.78 is 0. The van der Waals surface area contributed by atoms with E-state index in [1.54, 1.807) is 0 Å². The molecule has 114 valence electrons. The van der Waals surface area contributed by atoms with Crippen molar-refractivity contribution in [2.75, 3.05) is 25.0 Å². The number of rotatable bonds is 4. The van der Waals surface area contributed by atoms with Gasteiger partial charge in [0.2, 0.25) is 5.91 Å². The zero-order valence-corrected chi connectivity index (χ0v) is 12.9. The van der Waals surface area contributed by atoms with Gasteiger partial charge in [-0.1, -0.05) is 30.2 Å². The van der Waals surface area contributed by atoms with E-state index in [4.69, 9.17) is 11.6 Å². The van der Waals surface area contributed by atoms with Gasteiger partial charge in [-0.25, -0.2) is 0 Å². The standard InChI is InChI=1S/C16H22ClN3O/c17-12-5-1-2-6-13(12)18-11-16(21)19-14-8-10-20-9-4-3-7-15(14)20/h1-2,5-6,14-15,18H,3-4,7-11H2,(H,19,21)/t14-,15-/m0/s1. The van der Waals surface area contributed by atoms with E-state index in [0.717, 1.165) is 18.7 Å². The summed E-state index contributed by atoms with van der Waals surface area (Å²) in [5.41, 5.74) is 0.806. The van der Waals surface area contributed by atoms with Crippen LogP contribution in [-0.4, -0.2) is 42.5 Å². The smallest absolute Gasteiger partial charge is 0.239 e. The number of carbonyl (C=O) groups is 1. The average molecular weight is 308 g/mol. The number of halogens is 1. The first-order valence-corrected chi connectivity index (χ1v) is 8.13. The van der Waals surface area contributed by atoms with Crippen LogP contribution in [0.2, 0.25) is 5.02 Å². The summed E-state index contributed by atoms with van der Waals surface area (Å²) in [6.07, 6.45) is 4.86. The van der Waals surface area contributed by atoms with Gasteiger partial charge in [0.05, 0.1) is 17.3 Å². The Morgan fingerprint density at radius 3 is 2.95 bits per heavy atom. The molecule has 3 rings (SSSR count). The number of benzene rings is 1. The molecule has 2 fully saturated rings. The highest BCUT2D eigenvalue weighted by Gasteiger charge is 2.35. The van der Waals surface area contributed by atoms with Crippen molar-refractivity contribution in [3.8, 4) is 0 Å². The van der Waals surface area contributed by atoms with E-state index in [2.05, 4.69) is 15.5 Å². The van der Waals surface area contributed by atoms with E-state index in [0.29, 0.717) is 17.1 Å². The molecule has 2 heterocycles. The van der Waals surface area contributed by atoms with E-state index in [-0.39, 0.29) is 12.5 Å². The molecule has 2 saturated heterocycles. The minimum Gasteiger partial charge on any atom is -0.375 e. The second kappa shape index (κ2) is 6.67. The number of fused-ring (bicyclic) bond motifs is 1. The Hall–Kier alpha value is -1.26. The molecule has 1 aromatic rings. The fourth-order valence-corrected chi connectivity index (χ4v) is 3.66. The number of para-hydroxylation sites is 1. The normalized spacial score (nSPS) is 25.4. The molecule has 0 aliphatic carbocycles. The van der Waals surface area contributed by atoms with Crippen LogP contribution >= 0.6 is 11.6 Å². The molecule has 2 atom stereocenters. The molecule has 0 saturated carbocycles. The summed E-state index contributed by atoms with van der Waals surface area (Å²) in [5.74, 6) is 0.0485. The Kier molecular flexibility index (Phi) is 4.66. The number of hydrogen-bond acceptors (Lipinski definition) is 3. The van der Waals surface area contributed by atoms with Gasteiger partial charge in [-0.3, -0.25) is 9.69 Å². The molecule has 2 aliphatic rings. The molecule has 5 heteroatoms. The van der Waals surface area contributed by atoms with Crippen LogP contribution in [-0.2, 0) is 4.79 Å². The van der Waals surface area contributed by atoms with E-state index in [9.17, 15) is 4.79 Å². The SMILES string of the molecule is O=C(CNc1ccccc1Cl)N[C@H]1CCN2CCCC[C@@H]12. The maximum Gasteiger partial charge on any atom is 0.239 e. The first-order chi connectivity index (χ1) is 10.2. The Balaban J connectivity index is 1.49. The van der Waals surface area contributed by atoms with Crippen molar-refractivity contribution in [2.45, 2.75) is 37.8 Å². The number of piperidine rings is 1. The van der Waals surface area contributed by atoms with Crippen LogP contribution in [0.1, 0.15) is 25.7 Å². The van der Waals surface area contributed by atoms with E-state index < -0.39 is 0 Å². The Labute approximate surface area is 130 Å². The van der Waals surface area contributed by atoms with Crippen molar-refractivity contribution in [2.24, 2.45) is 0 Å². The van der Waals surface area contributed by atoms with Crippen LogP contribution in [0, 0.1) is 0 Å². The van der Waals surface area contributed by atoms with Crippen LogP contribution < -0.4 is 10.6 Å². The summed E-state index contributed by atoms with van der Waals surface area (Å²) in [5, 5.41) is 6.93. The molecule has 4 nitrogen and oxygen atoms in total. The quantitative estimate of drug-likeness (QED) is 0.898. The van der Waals surface area contributed by atoms with Gasteiger partial charge in [-0.05, 0) is 37.9 Å². The third kappa shape index (κ3) is 3.50. The topological polar surface area (TPSA) is 44.4 Å². The minimum absolute atomic E-state index is 0.0485. The first kappa shape index (κ1) is 14.7. The Morgan fingerprint density at radius 2 is 2.10 bits per heavy atom. The second-order valence-electron chi connectivity index (χ2n) is 5.90. The maximum atomic E-state index is 12.1. The van der Waals surface area contributed by atoms with Gasteiger partial charge in [0.15, 0.2) is 0 Å². The third-order valence-electron chi connectivity index (χ3n) is 4.52. The molecule has 0 aromatic heterocycles. The van der Waals surface area contributed by atoms with Crippen LogP contribution in [0.3, 0.4) is 0 Å². The number of anilines is 1. The summed E-state index contributed by atoms with van der Waals surface area (Å²) in [4.78, 5) is 14.6. The minimum atomic E-state index is 0.0485. The number of nitrogens with one attached hydrogen (secondary N) is 2. The van der Waals surface area contributed by atoms with Gasteiger partial charge in [0, 0.05) is 18.6 Å². The lowest BCUT2D eigenvalue weighted by Crippen LogP contribution is -2.48. The zero-order chi connectivity index (χ0) is 14.7. The van der Waals surface area contributed by atoms with Crippen molar-refractivity contribution < 1.29 is 4.79 Å². The fourth-order valence-electron chi connectivity index (χ4n) is 3.45. The summed E-state index contributed by atoms with van der Waals surface area (Å²) in [7, 11) is 0. The molecule has 0 bridgehead atoms. The lowest BCUT2D eigenvalue weighted by molar-refractivity contribution is -0.120. The number of carbonyl (C=O) groups excluding carboxylic acids is 1. The van der Waals surface area contributed by atoms with Crippen molar-refractivity contribution in [1.29, 1.82) is 0 Å². The Morgan fingerprint density at radius 1 is 1.24 bits per heavy atom. The van der Waals surface area contributed by atoms with Gasteiger partial charge in [-0.15, -0.1) is 0 Å². The monoisotopic (exact) mass is 307 g/mol. The fraction of sp³-hybridized carbons (Fsp3) is 0.562. The lowest BCUT2D eigenvalue weighted by Gasteiger charge is -2.32. The van der Waals surface area contributed by atoms with E-state index in [1.807, 2.05) is 24.3 Å². The summed E-state index contributed by atoms with van der Waals surface area (Å²) in [6.45, 7) is 2.58. The lowest BCUT2D eigenvalue weighted by atomic mass is 9.99. The van der Waals surface area contributed by atoms with E-state index in [1.165, 1.54) is 25.8 Å². The van der Waals surface area contributed by atoms with Crippen molar-refractivity contribution in [1.82, 2.24) is 10.2 Å². The van der Waals surface area contributed by atoms with Crippen LogP contribution in [0.25, 0.3) is 0 Å². The molecule has 2 aliphatic heterocycles. The number of amides is 1. The van der Waals surface area contributed by atoms with Crippen molar-refractivity contribution in [3.63, 3.8) is 0 Å². The predicted octanol–water partition coefficient (Wildman–Crippen LogP) is 2.49. The second-order valence-corrected chi connectivity index (χ2v) is 6.30. The molecular formula is C16H22ClN3O. The van der Waals surface area contributed by atoms with Crippen LogP contribution in [0.4, 0.5) is 5.69 Å². The molecule has 0 radical (unpaired) electrons. The largest absolute Gasteiger partial charge is 0.375 e. The van der Waals surface area contributed by atoms with Crippen LogP contribution in [0.15, 0.2) is 24.3 Å². The van der Waals surface area contributed by atoms with Gasteiger partial charge < -0.3 is 10.6 Å². The number of nitrogens with zero attached hydrogens (tertiary/aromatic N) is 1. The van der Waals surface area contributed by atoms with Crippen LogP contribution in [0.5, 0.6) is 0 Å². The van der Waals surface area contributed by atoms with Gasteiger partial charge >= 0.3 is 0 Å². The highest BCUT2D eigenvalue weighted by molar-refractivity contribution is 6.33. The molecule has 2 N–H and O–H groups in total. The highest BCUT2D eigenvalue weighted by Crippen LogP contribution is 2.27. The molecule has 0 spiro atoms. The molecule has 0 unspecified atom stereocenters. The summed E-state index contributed by atoms with van der Waals surface area (Å²) >= 11 is 6.07. The highest BCUT2D eigenvalue weighted by atomic mass is 35.5. The van der Waals surface area contributed by atoms with Gasteiger partial charge in [0.1, 0.15) is 0 Å². The molecule has 1 aromatic carbocycles. The average Bonchev–Trinajstić information content (AvgIpc) is 2.90. The van der Waals surface area contributed by atoms with E-state index >= 15 is 0 Å². The number of hydrogen-bond donors (Lipinski definition) is 2. The molecular weight excluding hydrogens is 286 g/mol.